The first-order chi connectivity index (χ1) is 13.5. The summed E-state index contributed by atoms with van der Waals surface area (Å²) >= 11 is 0.671. The average Bonchev–Trinajstić information content (AvgIpc) is 3.22. The molecule has 0 aliphatic carbocycles. The van der Waals surface area contributed by atoms with Gasteiger partial charge in [-0.15, -0.1) is 0 Å². The normalized spacial score (nSPS) is 14.2. The SMILES string of the molecule is C=C1C(=O)SC(=O)N1c1cccc2c1ccn2Cc1ccc(OC)cc1OC. The first-order valence-corrected chi connectivity index (χ1v) is 9.39. The molecule has 1 aliphatic rings. The van der Waals surface area contributed by atoms with E-state index < -0.39 is 0 Å². The summed E-state index contributed by atoms with van der Waals surface area (Å²) in [6, 6.07) is 13.3. The molecule has 0 saturated carbocycles. The van der Waals surface area contributed by atoms with Crippen molar-refractivity contribution in [2.45, 2.75) is 6.54 Å². The summed E-state index contributed by atoms with van der Waals surface area (Å²) in [5, 5.41) is 0.233. The van der Waals surface area contributed by atoms with E-state index in [2.05, 4.69) is 11.1 Å². The van der Waals surface area contributed by atoms with Crippen LogP contribution in [0.5, 0.6) is 11.5 Å². The number of aromatic nitrogens is 1. The van der Waals surface area contributed by atoms with E-state index in [0.717, 1.165) is 28.0 Å². The molecule has 3 aromatic rings. The number of amides is 1. The highest BCUT2D eigenvalue weighted by molar-refractivity contribution is 8.27. The smallest absolute Gasteiger partial charge is 0.298 e. The van der Waals surface area contributed by atoms with Gasteiger partial charge in [0.15, 0.2) is 0 Å². The topological polar surface area (TPSA) is 60.8 Å². The number of thioether (sulfide) groups is 1. The summed E-state index contributed by atoms with van der Waals surface area (Å²) in [7, 11) is 3.25. The van der Waals surface area contributed by atoms with Crippen LogP contribution in [-0.4, -0.2) is 29.1 Å². The molecule has 0 bridgehead atoms. The lowest BCUT2D eigenvalue weighted by Crippen LogP contribution is -2.20. The summed E-state index contributed by atoms with van der Waals surface area (Å²) in [5.41, 5.74) is 2.79. The fraction of sp³-hybridized carbons (Fsp3) is 0.143. The third kappa shape index (κ3) is 2.93. The molecule has 142 valence electrons. The Bertz CT molecular complexity index is 1120. The van der Waals surface area contributed by atoms with Gasteiger partial charge in [-0.3, -0.25) is 14.5 Å². The molecule has 0 N–H and O–H groups in total. The number of ether oxygens (including phenoxy) is 2. The van der Waals surface area contributed by atoms with Gasteiger partial charge in [0.25, 0.3) is 5.24 Å². The molecule has 0 atom stereocenters. The van der Waals surface area contributed by atoms with Gasteiger partial charge in [-0.1, -0.05) is 12.6 Å². The van der Waals surface area contributed by atoms with Crippen LogP contribution in [0.4, 0.5) is 10.5 Å². The van der Waals surface area contributed by atoms with Gasteiger partial charge < -0.3 is 14.0 Å². The number of rotatable bonds is 5. The minimum Gasteiger partial charge on any atom is -0.497 e. The summed E-state index contributed by atoms with van der Waals surface area (Å²) in [6.45, 7) is 4.35. The van der Waals surface area contributed by atoms with E-state index in [1.165, 1.54) is 4.90 Å². The van der Waals surface area contributed by atoms with Gasteiger partial charge >= 0.3 is 0 Å². The van der Waals surface area contributed by atoms with Crippen molar-refractivity contribution in [3.63, 3.8) is 0 Å². The van der Waals surface area contributed by atoms with Gasteiger partial charge in [-0.2, -0.15) is 0 Å². The highest BCUT2D eigenvalue weighted by Crippen LogP contribution is 2.37. The molecule has 0 unspecified atom stereocenters. The van der Waals surface area contributed by atoms with Crippen molar-refractivity contribution in [2.75, 3.05) is 19.1 Å². The predicted octanol–water partition coefficient (Wildman–Crippen LogP) is 4.42. The number of methoxy groups -OCH3 is 2. The first-order valence-electron chi connectivity index (χ1n) is 8.57. The first kappa shape index (κ1) is 18.2. The molecule has 1 fully saturated rings. The highest BCUT2D eigenvalue weighted by atomic mass is 32.2. The zero-order valence-electron chi connectivity index (χ0n) is 15.5. The van der Waals surface area contributed by atoms with Crippen molar-refractivity contribution >= 4 is 38.7 Å². The Morgan fingerprint density at radius 1 is 1.07 bits per heavy atom. The van der Waals surface area contributed by atoms with E-state index >= 15 is 0 Å². The van der Waals surface area contributed by atoms with Crippen molar-refractivity contribution in [1.82, 2.24) is 4.57 Å². The third-order valence-electron chi connectivity index (χ3n) is 4.73. The fourth-order valence-electron chi connectivity index (χ4n) is 3.34. The van der Waals surface area contributed by atoms with Crippen molar-refractivity contribution < 1.29 is 19.1 Å². The molecule has 2 aromatic carbocycles. The number of carbonyl (C=O) groups excluding carboxylic acids is 2. The Hall–Kier alpha value is -3.19. The van der Waals surface area contributed by atoms with Crippen molar-refractivity contribution in [2.24, 2.45) is 0 Å². The number of hydrogen-bond acceptors (Lipinski definition) is 5. The van der Waals surface area contributed by atoms with E-state index in [0.29, 0.717) is 24.0 Å². The Kier molecular flexibility index (Phi) is 4.60. The quantitative estimate of drug-likeness (QED) is 0.600. The number of benzene rings is 2. The average molecular weight is 394 g/mol. The van der Waals surface area contributed by atoms with E-state index in [1.54, 1.807) is 14.2 Å². The van der Waals surface area contributed by atoms with E-state index in [4.69, 9.17) is 9.47 Å². The van der Waals surface area contributed by atoms with Crippen LogP contribution in [0, 0.1) is 0 Å². The number of anilines is 1. The number of fused-ring (bicyclic) bond motifs is 1. The number of nitrogens with zero attached hydrogens (tertiary/aromatic N) is 2. The van der Waals surface area contributed by atoms with Gasteiger partial charge in [-0.25, -0.2) is 0 Å². The minimum absolute atomic E-state index is 0.187. The molecule has 1 saturated heterocycles. The lowest BCUT2D eigenvalue weighted by molar-refractivity contribution is -0.107. The molecule has 1 aromatic heterocycles. The lowest BCUT2D eigenvalue weighted by atomic mass is 10.1. The molecular weight excluding hydrogens is 376 g/mol. The maximum absolute atomic E-state index is 12.3. The van der Waals surface area contributed by atoms with Gasteiger partial charge in [0.1, 0.15) is 11.5 Å². The molecule has 1 aliphatic heterocycles. The van der Waals surface area contributed by atoms with Gasteiger partial charge in [-0.05, 0) is 30.3 Å². The van der Waals surface area contributed by atoms with Crippen LogP contribution in [0.25, 0.3) is 10.9 Å². The van der Waals surface area contributed by atoms with Crippen LogP contribution in [0.15, 0.2) is 60.9 Å². The second-order valence-electron chi connectivity index (χ2n) is 6.27. The maximum Gasteiger partial charge on any atom is 0.298 e. The lowest BCUT2D eigenvalue weighted by Gasteiger charge is -2.17. The van der Waals surface area contributed by atoms with Crippen LogP contribution in [0.2, 0.25) is 0 Å². The standard InChI is InChI=1S/C21H18N2O4S/c1-13-20(24)28-21(25)23(13)18-6-4-5-17-16(18)9-10-22(17)12-14-7-8-15(26-2)11-19(14)27-3/h4-11H,1,12H2,2-3H3. The third-order valence-corrected chi connectivity index (χ3v) is 5.51. The molecule has 2 heterocycles. The molecule has 0 radical (unpaired) electrons. The van der Waals surface area contributed by atoms with E-state index in [9.17, 15) is 9.59 Å². The molecular formula is C21H18N2O4S. The summed E-state index contributed by atoms with van der Waals surface area (Å²) < 4.78 is 12.8. The summed E-state index contributed by atoms with van der Waals surface area (Å²) in [6.07, 6.45) is 1.95. The Morgan fingerprint density at radius 2 is 1.89 bits per heavy atom. The summed E-state index contributed by atoms with van der Waals surface area (Å²) in [5.74, 6) is 1.47. The molecule has 28 heavy (non-hydrogen) atoms. The van der Waals surface area contributed by atoms with E-state index in [-0.39, 0.29) is 16.1 Å². The van der Waals surface area contributed by atoms with Crippen molar-refractivity contribution in [3.05, 3.63) is 66.5 Å². The predicted molar refractivity (Wildman–Crippen MR) is 110 cm³/mol. The Morgan fingerprint density at radius 3 is 2.57 bits per heavy atom. The second-order valence-corrected chi connectivity index (χ2v) is 7.19. The molecule has 0 spiro atoms. The summed E-state index contributed by atoms with van der Waals surface area (Å²) in [4.78, 5) is 25.5. The molecule has 7 heteroatoms. The monoisotopic (exact) mass is 394 g/mol. The van der Waals surface area contributed by atoms with Crippen LogP contribution in [0.1, 0.15) is 5.56 Å². The Balaban J connectivity index is 1.75. The van der Waals surface area contributed by atoms with Gasteiger partial charge in [0, 0.05) is 35.0 Å². The second kappa shape index (κ2) is 7.09. The van der Waals surface area contributed by atoms with Crippen LogP contribution in [-0.2, 0) is 11.3 Å². The highest BCUT2D eigenvalue weighted by Gasteiger charge is 2.35. The molecule has 1 amide bonds. The molecule has 4 rings (SSSR count). The number of carbonyl (C=O) groups is 2. The van der Waals surface area contributed by atoms with Crippen LogP contribution in [0.3, 0.4) is 0 Å². The Labute approximate surface area is 166 Å². The van der Waals surface area contributed by atoms with Gasteiger partial charge in [0.05, 0.1) is 37.7 Å². The largest absolute Gasteiger partial charge is 0.497 e. The van der Waals surface area contributed by atoms with Crippen molar-refractivity contribution in [3.8, 4) is 11.5 Å². The maximum atomic E-state index is 12.3. The van der Waals surface area contributed by atoms with Crippen LogP contribution < -0.4 is 14.4 Å². The fourth-order valence-corrected chi connectivity index (χ4v) is 4.00. The van der Waals surface area contributed by atoms with Crippen LogP contribution >= 0.6 is 11.8 Å². The minimum atomic E-state index is -0.327. The molecule has 6 nitrogen and oxygen atoms in total. The zero-order chi connectivity index (χ0) is 19.8. The van der Waals surface area contributed by atoms with Gasteiger partial charge in [0.2, 0.25) is 5.12 Å². The van der Waals surface area contributed by atoms with Crippen molar-refractivity contribution in [1.29, 1.82) is 0 Å². The number of hydrogen-bond donors (Lipinski definition) is 0. The van der Waals surface area contributed by atoms with E-state index in [1.807, 2.05) is 48.7 Å². The zero-order valence-corrected chi connectivity index (χ0v) is 16.3.